The summed E-state index contributed by atoms with van der Waals surface area (Å²) in [4.78, 5) is 24.3. The maximum atomic E-state index is 12.8. The molecule has 0 unspecified atom stereocenters. The molecule has 0 heterocycles. The Bertz CT molecular complexity index is 451. The van der Waals surface area contributed by atoms with Crippen molar-refractivity contribution in [2.24, 2.45) is 29.6 Å². The lowest BCUT2D eigenvalue weighted by atomic mass is 9.53. The van der Waals surface area contributed by atoms with Crippen LogP contribution in [0.25, 0.3) is 0 Å². The van der Waals surface area contributed by atoms with Crippen LogP contribution < -0.4 is 5.32 Å². The summed E-state index contributed by atoms with van der Waals surface area (Å²) in [7, 11) is 0. The Morgan fingerprint density at radius 1 is 0.864 bits per heavy atom. The molecule has 5 fully saturated rings. The van der Waals surface area contributed by atoms with Gasteiger partial charge in [0.15, 0.2) is 0 Å². The van der Waals surface area contributed by atoms with E-state index in [0.29, 0.717) is 6.42 Å². The predicted octanol–water partition coefficient (Wildman–Crippen LogP) is 2.96. The van der Waals surface area contributed by atoms with Gasteiger partial charge in [-0.2, -0.15) is 0 Å². The highest BCUT2D eigenvalue weighted by Gasteiger charge is 2.52. The van der Waals surface area contributed by atoms with Crippen LogP contribution in [0, 0.1) is 29.6 Å². The molecule has 4 nitrogen and oxygen atoms in total. The summed E-state index contributed by atoms with van der Waals surface area (Å²) in [6, 6.07) is 0. The van der Waals surface area contributed by atoms with E-state index in [1.165, 1.54) is 19.3 Å². The van der Waals surface area contributed by atoms with Gasteiger partial charge < -0.3 is 10.4 Å². The third-order valence-corrected chi connectivity index (χ3v) is 6.85. The van der Waals surface area contributed by atoms with E-state index in [0.717, 1.165) is 56.3 Å². The molecule has 0 saturated heterocycles. The van der Waals surface area contributed by atoms with Gasteiger partial charge in [0.2, 0.25) is 5.91 Å². The van der Waals surface area contributed by atoms with Crippen LogP contribution in [0.15, 0.2) is 0 Å². The van der Waals surface area contributed by atoms with Crippen LogP contribution in [-0.2, 0) is 9.59 Å². The fourth-order valence-corrected chi connectivity index (χ4v) is 6.36. The van der Waals surface area contributed by atoms with Crippen molar-refractivity contribution in [2.45, 2.75) is 69.7 Å². The highest BCUT2D eigenvalue weighted by Crippen LogP contribution is 2.55. The summed E-state index contributed by atoms with van der Waals surface area (Å²) in [6.07, 6.45) is 10.8. The highest BCUT2D eigenvalue weighted by atomic mass is 16.4. The molecule has 4 bridgehead atoms. The number of aliphatic carboxylic acids is 1. The molecule has 0 radical (unpaired) electrons. The van der Waals surface area contributed by atoms with E-state index in [9.17, 15) is 14.7 Å². The van der Waals surface area contributed by atoms with Gasteiger partial charge in [-0.15, -0.1) is 0 Å². The molecule has 122 valence electrons. The second-order valence-corrected chi connectivity index (χ2v) is 8.52. The molecule has 0 aromatic heterocycles. The van der Waals surface area contributed by atoms with E-state index in [4.69, 9.17) is 0 Å². The number of carbonyl (C=O) groups is 2. The van der Waals surface area contributed by atoms with E-state index >= 15 is 0 Å². The average molecular weight is 305 g/mol. The molecule has 0 spiro atoms. The number of carbonyl (C=O) groups excluding carboxylic acids is 1. The van der Waals surface area contributed by atoms with Gasteiger partial charge in [-0.3, -0.25) is 9.59 Å². The lowest BCUT2D eigenvalue weighted by Crippen LogP contribution is -2.61. The van der Waals surface area contributed by atoms with Crippen LogP contribution in [-0.4, -0.2) is 22.5 Å². The first-order valence-electron chi connectivity index (χ1n) is 9.09. The Balaban J connectivity index is 1.48. The Kier molecular flexibility index (Phi) is 3.46. The van der Waals surface area contributed by atoms with Gasteiger partial charge in [-0.1, -0.05) is 12.8 Å². The maximum Gasteiger partial charge on any atom is 0.307 e. The summed E-state index contributed by atoms with van der Waals surface area (Å²) in [6.45, 7) is 0. The number of hydrogen-bond donors (Lipinski definition) is 2. The monoisotopic (exact) mass is 305 g/mol. The summed E-state index contributed by atoms with van der Waals surface area (Å²) in [5.74, 6) is 0.871. The average Bonchev–Trinajstić information content (AvgIpc) is 2.45. The third-order valence-electron chi connectivity index (χ3n) is 6.85. The van der Waals surface area contributed by atoms with Crippen molar-refractivity contribution in [1.29, 1.82) is 0 Å². The molecule has 5 aliphatic carbocycles. The molecule has 2 N–H and O–H groups in total. The minimum atomic E-state index is -0.787. The van der Waals surface area contributed by atoms with E-state index in [1.54, 1.807) is 0 Å². The van der Waals surface area contributed by atoms with E-state index in [1.807, 2.05) is 0 Å². The molecule has 5 saturated carbocycles. The van der Waals surface area contributed by atoms with Crippen LogP contribution in [0.4, 0.5) is 0 Å². The first-order chi connectivity index (χ1) is 10.5. The lowest BCUT2D eigenvalue weighted by molar-refractivity contribution is -0.150. The molecular formula is C18H27NO3. The SMILES string of the molecule is O=C(NC12CC3CC(CC(C3)C1)C2)[C@H]1CCCC[C@H]1C(=O)O. The van der Waals surface area contributed by atoms with Crippen LogP contribution in [0.5, 0.6) is 0 Å². The second-order valence-electron chi connectivity index (χ2n) is 8.52. The predicted molar refractivity (Wildman–Crippen MR) is 82.1 cm³/mol. The molecule has 2 atom stereocenters. The summed E-state index contributed by atoms with van der Waals surface area (Å²) in [5, 5.41) is 12.8. The van der Waals surface area contributed by atoms with Crippen molar-refractivity contribution in [3.05, 3.63) is 0 Å². The van der Waals surface area contributed by atoms with Gasteiger partial charge in [0.1, 0.15) is 0 Å². The number of carboxylic acid groups (broad SMARTS) is 1. The zero-order chi connectivity index (χ0) is 15.3. The molecular weight excluding hydrogens is 278 g/mol. The second kappa shape index (κ2) is 5.24. The molecule has 0 aromatic carbocycles. The number of carboxylic acids is 1. The van der Waals surface area contributed by atoms with E-state index < -0.39 is 11.9 Å². The fraction of sp³-hybridized carbons (Fsp3) is 0.889. The first kappa shape index (κ1) is 14.5. The minimum absolute atomic E-state index is 0.00628. The van der Waals surface area contributed by atoms with Gasteiger partial charge in [0, 0.05) is 5.54 Å². The van der Waals surface area contributed by atoms with E-state index in [-0.39, 0.29) is 17.4 Å². The Labute approximate surface area is 132 Å². The minimum Gasteiger partial charge on any atom is -0.481 e. The molecule has 5 rings (SSSR count). The standard InChI is InChI=1S/C18H27NO3/c20-16(14-3-1-2-4-15(14)17(21)22)19-18-8-11-5-12(9-18)7-13(6-11)10-18/h11-15H,1-10H2,(H,19,20)(H,21,22)/t11?,12?,13?,14-,15+,18?/m0/s1. The number of nitrogens with one attached hydrogen (secondary N) is 1. The Morgan fingerprint density at radius 3 is 1.86 bits per heavy atom. The van der Waals surface area contributed by atoms with Gasteiger partial charge in [-0.25, -0.2) is 0 Å². The van der Waals surface area contributed by atoms with Gasteiger partial charge in [0.25, 0.3) is 0 Å². The maximum absolute atomic E-state index is 12.8. The normalized spacial score (nSPS) is 46.5. The number of hydrogen-bond acceptors (Lipinski definition) is 2. The van der Waals surface area contributed by atoms with Crippen molar-refractivity contribution < 1.29 is 14.7 Å². The van der Waals surface area contributed by atoms with Crippen LogP contribution >= 0.6 is 0 Å². The van der Waals surface area contributed by atoms with Crippen LogP contribution in [0.1, 0.15) is 64.2 Å². The molecule has 4 heteroatoms. The number of rotatable bonds is 3. The zero-order valence-electron chi connectivity index (χ0n) is 13.2. The van der Waals surface area contributed by atoms with Crippen molar-refractivity contribution in [3.63, 3.8) is 0 Å². The van der Waals surface area contributed by atoms with Crippen LogP contribution in [0.2, 0.25) is 0 Å². The third kappa shape index (κ3) is 2.44. The first-order valence-corrected chi connectivity index (χ1v) is 9.09. The zero-order valence-corrected chi connectivity index (χ0v) is 13.2. The summed E-state index contributed by atoms with van der Waals surface area (Å²) < 4.78 is 0. The lowest BCUT2D eigenvalue weighted by Gasteiger charge is -2.57. The molecule has 0 aliphatic heterocycles. The Morgan fingerprint density at radius 2 is 1.36 bits per heavy atom. The van der Waals surface area contributed by atoms with Gasteiger partial charge >= 0.3 is 5.97 Å². The van der Waals surface area contributed by atoms with Gasteiger partial charge in [-0.05, 0) is 69.1 Å². The smallest absolute Gasteiger partial charge is 0.307 e. The number of amides is 1. The van der Waals surface area contributed by atoms with Crippen molar-refractivity contribution >= 4 is 11.9 Å². The summed E-state index contributed by atoms with van der Waals surface area (Å²) >= 11 is 0. The molecule has 0 aromatic rings. The van der Waals surface area contributed by atoms with Crippen LogP contribution in [0.3, 0.4) is 0 Å². The molecule has 22 heavy (non-hydrogen) atoms. The van der Waals surface area contributed by atoms with Crippen molar-refractivity contribution in [1.82, 2.24) is 5.32 Å². The van der Waals surface area contributed by atoms with Crippen molar-refractivity contribution in [2.75, 3.05) is 0 Å². The van der Waals surface area contributed by atoms with Crippen molar-refractivity contribution in [3.8, 4) is 0 Å². The largest absolute Gasteiger partial charge is 0.481 e. The van der Waals surface area contributed by atoms with Gasteiger partial charge in [0.05, 0.1) is 11.8 Å². The van der Waals surface area contributed by atoms with E-state index in [2.05, 4.69) is 5.32 Å². The topological polar surface area (TPSA) is 66.4 Å². The Hall–Kier alpha value is -1.06. The fourth-order valence-electron chi connectivity index (χ4n) is 6.36. The molecule has 1 amide bonds. The molecule has 5 aliphatic rings. The summed E-state index contributed by atoms with van der Waals surface area (Å²) in [5.41, 5.74) is 0.00628. The quantitative estimate of drug-likeness (QED) is 0.842. The highest BCUT2D eigenvalue weighted by molar-refractivity contribution is 5.85.